The largest absolute Gasteiger partial charge is 0.298 e. The van der Waals surface area contributed by atoms with Gasteiger partial charge in [0.05, 0.1) is 0 Å². The van der Waals surface area contributed by atoms with Crippen LogP contribution in [0.2, 0.25) is 0 Å². The molecule has 0 spiro atoms. The number of ketones is 2. The van der Waals surface area contributed by atoms with Gasteiger partial charge in [-0.15, -0.1) is 0 Å². The van der Waals surface area contributed by atoms with Gasteiger partial charge in [0, 0.05) is 11.8 Å². The molecule has 1 aromatic carbocycles. The molecule has 2 aliphatic carbocycles. The van der Waals surface area contributed by atoms with Crippen LogP contribution in [0.15, 0.2) is 30.3 Å². The smallest absolute Gasteiger partial charge is 0.151 e. The summed E-state index contributed by atoms with van der Waals surface area (Å²) in [4.78, 5) is 24.7. The van der Waals surface area contributed by atoms with E-state index in [4.69, 9.17) is 0 Å². The minimum Gasteiger partial charge on any atom is -0.298 e. The van der Waals surface area contributed by atoms with Gasteiger partial charge in [-0.05, 0) is 18.4 Å². The van der Waals surface area contributed by atoms with Crippen molar-refractivity contribution in [3.8, 4) is 0 Å². The molecular weight excluding hydrogens is 212 g/mol. The zero-order valence-electron chi connectivity index (χ0n) is 9.76. The van der Waals surface area contributed by atoms with Crippen molar-refractivity contribution >= 4 is 11.6 Å². The molecule has 2 atom stereocenters. The molecule has 2 saturated carbocycles. The van der Waals surface area contributed by atoms with Crippen molar-refractivity contribution in [1.29, 1.82) is 0 Å². The number of carbonyl (C=O) groups excluding carboxylic acids is 2. The predicted octanol–water partition coefficient (Wildman–Crippen LogP) is 2.73. The second-order valence-electron chi connectivity index (χ2n) is 5.15. The molecule has 0 saturated heterocycles. The fraction of sp³-hybridized carbons (Fsp3) is 0.467. The molecule has 0 bridgehead atoms. The summed E-state index contributed by atoms with van der Waals surface area (Å²) in [6.07, 6.45) is 4.03. The van der Waals surface area contributed by atoms with Gasteiger partial charge in [0.2, 0.25) is 0 Å². The van der Waals surface area contributed by atoms with E-state index in [-0.39, 0.29) is 23.4 Å². The minimum atomic E-state index is -0.468. The lowest BCUT2D eigenvalue weighted by Gasteiger charge is -2.21. The Morgan fingerprint density at radius 2 is 1.35 bits per heavy atom. The van der Waals surface area contributed by atoms with Gasteiger partial charge >= 0.3 is 0 Å². The van der Waals surface area contributed by atoms with E-state index in [0.717, 1.165) is 31.2 Å². The minimum absolute atomic E-state index is 0.0152. The highest BCUT2D eigenvalue weighted by Crippen LogP contribution is 2.44. The van der Waals surface area contributed by atoms with Crippen molar-refractivity contribution in [3.63, 3.8) is 0 Å². The Labute approximate surface area is 101 Å². The van der Waals surface area contributed by atoms with E-state index in [9.17, 15) is 9.59 Å². The summed E-state index contributed by atoms with van der Waals surface area (Å²) in [5, 5.41) is 0. The van der Waals surface area contributed by atoms with Crippen LogP contribution in [0.1, 0.15) is 37.2 Å². The molecule has 2 unspecified atom stereocenters. The molecule has 3 rings (SSSR count). The van der Waals surface area contributed by atoms with Crippen molar-refractivity contribution in [2.45, 2.75) is 31.6 Å². The number of rotatable bonds is 1. The Balaban J connectivity index is 1.96. The number of benzene rings is 1. The average molecular weight is 228 g/mol. The Morgan fingerprint density at radius 1 is 0.824 bits per heavy atom. The molecule has 2 nitrogen and oxygen atoms in total. The fourth-order valence-corrected chi connectivity index (χ4v) is 3.35. The van der Waals surface area contributed by atoms with E-state index in [1.807, 2.05) is 30.3 Å². The first-order valence-corrected chi connectivity index (χ1v) is 6.41. The Hall–Kier alpha value is -1.44. The van der Waals surface area contributed by atoms with Crippen LogP contribution in [-0.4, -0.2) is 11.6 Å². The molecular formula is C15H16O2. The normalized spacial score (nSPS) is 32.6. The molecule has 0 aliphatic heterocycles. The molecule has 0 radical (unpaired) electrons. The zero-order valence-corrected chi connectivity index (χ0v) is 9.76. The molecule has 88 valence electrons. The number of fused-ring (bicyclic) bond motifs is 1. The van der Waals surface area contributed by atoms with Crippen molar-refractivity contribution in [2.75, 3.05) is 0 Å². The number of carbonyl (C=O) groups is 2. The molecule has 0 amide bonds. The van der Waals surface area contributed by atoms with Gasteiger partial charge in [0.15, 0.2) is 11.6 Å². The summed E-state index contributed by atoms with van der Waals surface area (Å²) in [5.74, 6) is -0.0935. The van der Waals surface area contributed by atoms with Crippen molar-refractivity contribution in [3.05, 3.63) is 35.9 Å². The first kappa shape index (κ1) is 10.7. The Morgan fingerprint density at radius 3 is 1.88 bits per heavy atom. The first-order chi connectivity index (χ1) is 8.29. The van der Waals surface area contributed by atoms with Crippen LogP contribution in [0.5, 0.6) is 0 Å². The third-order valence-corrected chi connectivity index (χ3v) is 4.20. The summed E-state index contributed by atoms with van der Waals surface area (Å²) >= 11 is 0. The van der Waals surface area contributed by atoms with E-state index >= 15 is 0 Å². The highest BCUT2D eigenvalue weighted by atomic mass is 16.2. The SMILES string of the molecule is O=C1C(c2ccccc2)C(=O)C2CCCCC12. The lowest BCUT2D eigenvalue weighted by Crippen LogP contribution is -2.21. The maximum absolute atomic E-state index is 12.3. The zero-order chi connectivity index (χ0) is 11.8. The molecule has 17 heavy (non-hydrogen) atoms. The van der Waals surface area contributed by atoms with Crippen molar-refractivity contribution < 1.29 is 9.59 Å². The summed E-state index contributed by atoms with van der Waals surface area (Å²) in [7, 11) is 0. The number of Topliss-reactive ketones (excluding diaryl/α,β-unsaturated/α-hetero) is 2. The highest BCUT2D eigenvalue weighted by Gasteiger charge is 2.49. The Bertz CT molecular complexity index is 425. The van der Waals surface area contributed by atoms with Crippen LogP contribution in [0.25, 0.3) is 0 Å². The molecule has 2 aliphatic rings. The van der Waals surface area contributed by atoms with E-state index in [0.29, 0.717) is 0 Å². The van der Waals surface area contributed by atoms with Crippen molar-refractivity contribution in [1.82, 2.24) is 0 Å². The lowest BCUT2D eigenvalue weighted by molar-refractivity contribution is -0.125. The van der Waals surface area contributed by atoms with Crippen LogP contribution in [-0.2, 0) is 9.59 Å². The van der Waals surface area contributed by atoms with Gasteiger partial charge in [0.25, 0.3) is 0 Å². The molecule has 0 heterocycles. The molecule has 1 aromatic rings. The summed E-state index contributed by atoms with van der Waals surface area (Å²) in [6.45, 7) is 0. The monoisotopic (exact) mass is 228 g/mol. The number of hydrogen-bond acceptors (Lipinski definition) is 2. The molecule has 0 aromatic heterocycles. The maximum Gasteiger partial charge on any atom is 0.151 e. The van der Waals surface area contributed by atoms with Gasteiger partial charge in [-0.1, -0.05) is 43.2 Å². The Kier molecular flexibility index (Phi) is 2.58. The molecule has 2 heteroatoms. The summed E-state index contributed by atoms with van der Waals surface area (Å²) in [5.41, 5.74) is 0.886. The first-order valence-electron chi connectivity index (χ1n) is 6.41. The van der Waals surface area contributed by atoms with Gasteiger partial charge in [-0.25, -0.2) is 0 Å². The second-order valence-corrected chi connectivity index (χ2v) is 5.15. The topological polar surface area (TPSA) is 34.1 Å². The lowest BCUT2D eigenvalue weighted by atomic mass is 9.81. The quantitative estimate of drug-likeness (QED) is 0.692. The van der Waals surface area contributed by atoms with E-state index in [2.05, 4.69) is 0 Å². The van der Waals surface area contributed by atoms with E-state index in [1.165, 1.54) is 0 Å². The van der Waals surface area contributed by atoms with E-state index in [1.54, 1.807) is 0 Å². The number of hydrogen-bond donors (Lipinski definition) is 0. The average Bonchev–Trinajstić information content (AvgIpc) is 2.64. The standard InChI is InChI=1S/C15H16O2/c16-14-11-8-4-5-9-12(11)15(17)13(14)10-6-2-1-3-7-10/h1-3,6-7,11-13H,4-5,8-9H2. The van der Waals surface area contributed by atoms with Crippen LogP contribution in [0.4, 0.5) is 0 Å². The van der Waals surface area contributed by atoms with Crippen molar-refractivity contribution in [2.24, 2.45) is 11.8 Å². The highest BCUT2D eigenvalue weighted by molar-refractivity contribution is 6.15. The van der Waals surface area contributed by atoms with Crippen LogP contribution in [0.3, 0.4) is 0 Å². The van der Waals surface area contributed by atoms with Gasteiger partial charge in [-0.2, -0.15) is 0 Å². The van der Waals surface area contributed by atoms with Crippen LogP contribution >= 0.6 is 0 Å². The predicted molar refractivity (Wildman–Crippen MR) is 64.6 cm³/mol. The van der Waals surface area contributed by atoms with Crippen LogP contribution < -0.4 is 0 Å². The fourth-order valence-electron chi connectivity index (χ4n) is 3.35. The maximum atomic E-state index is 12.3. The third kappa shape index (κ3) is 1.63. The van der Waals surface area contributed by atoms with Gasteiger partial charge in [0.1, 0.15) is 5.92 Å². The summed E-state index contributed by atoms with van der Waals surface area (Å²) < 4.78 is 0. The van der Waals surface area contributed by atoms with Gasteiger partial charge in [-0.3, -0.25) is 9.59 Å². The van der Waals surface area contributed by atoms with Crippen LogP contribution in [0, 0.1) is 11.8 Å². The molecule has 0 N–H and O–H groups in total. The summed E-state index contributed by atoms with van der Waals surface area (Å²) in [6, 6.07) is 9.52. The third-order valence-electron chi connectivity index (χ3n) is 4.20. The van der Waals surface area contributed by atoms with E-state index < -0.39 is 5.92 Å². The van der Waals surface area contributed by atoms with Gasteiger partial charge < -0.3 is 0 Å². The molecule has 2 fully saturated rings. The second kappa shape index (κ2) is 4.10.